The number of piperidine rings is 1. The maximum absolute atomic E-state index is 12.6. The van der Waals surface area contributed by atoms with Crippen LogP contribution in [0.4, 0.5) is 0 Å². The third-order valence-corrected chi connectivity index (χ3v) is 6.91. The van der Waals surface area contributed by atoms with Gasteiger partial charge in [0.15, 0.2) is 5.84 Å². The Kier molecular flexibility index (Phi) is 6.43. The standard InChI is InChI=1S/C21H31N3O3S/c1-15(2)7-6-8-16(3)22-21(25)17-11-13-24(14-12-17)20-18-9-4-5-10-19(18)28(26,27)23-20/h4-5,9-10,15-17H,6-8,11-14H2,1-3H3,(H,22,25)/t16-/m0/s1. The van der Waals surface area contributed by atoms with Crippen LogP contribution < -0.4 is 5.32 Å². The number of likely N-dealkylation sites (tertiary alicyclic amines) is 1. The molecule has 0 radical (unpaired) electrons. The van der Waals surface area contributed by atoms with E-state index in [9.17, 15) is 13.2 Å². The number of benzene rings is 1. The molecule has 1 saturated heterocycles. The lowest BCUT2D eigenvalue weighted by Gasteiger charge is -2.33. The Balaban J connectivity index is 1.53. The second-order valence-corrected chi connectivity index (χ2v) is 9.95. The van der Waals surface area contributed by atoms with Gasteiger partial charge in [-0.25, -0.2) is 0 Å². The summed E-state index contributed by atoms with van der Waals surface area (Å²) in [7, 11) is -3.60. The Morgan fingerprint density at radius 1 is 1.18 bits per heavy atom. The van der Waals surface area contributed by atoms with Crippen LogP contribution in [0, 0.1) is 11.8 Å². The molecule has 0 aromatic heterocycles. The zero-order chi connectivity index (χ0) is 20.3. The molecule has 0 bridgehead atoms. The fourth-order valence-electron chi connectivity index (χ4n) is 3.94. The van der Waals surface area contributed by atoms with Gasteiger partial charge in [-0.1, -0.05) is 38.8 Å². The predicted octanol–water partition coefficient (Wildman–Crippen LogP) is 3.18. The number of hydrogen-bond donors (Lipinski definition) is 1. The van der Waals surface area contributed by atoms with Crippen molar-refractivity contribution in [3.05, 3.63) is 29.8 Å². The van der Waals surface area contributed by atoms with E-state index in [0.717, 1.165) is 12.8 Å². The molecule has 2 heterocycles. The Bertz CT molecular complexity index is 840. The number of carbonyl (C=O) groups excluding carboxylic acids is 1. The van der Waals surface area contributed by atoms with Crippen molar-refractivity contribution in [1.29, 1.82) is 0 Å². The van der Waals surface area contributed by atoms with E-state index in [2.05, 4.69) is 30.5 Å². The van der Waals surface area contributed by atoms with Crippen LogP contribution in [0.3, 0.4) is 0 Å². The molecule has 0 spiro atoms. The van der Waals surface area contributed by atoms with Crippen LogP contribution >= 0.6 is 0 Å². The third-order valence-electron chi connectivity index (χ3n) is 5.59. The van der Waals surface area contributed by atoms with E-state index >= 15 is 0 Å². The second-order valence-electron chi connectivity index (χ2n) is 8.38. The SMILES string of the molecule is CC(C)CCC[C@H](C)NC(=O)C1CCN(C2=NS(=O)(=O)c3ccccc32)CC1. The topological polar surface area (TPSA) is 78.8 Å². The van der Waals surface area contributed by atoms with Crippen molar-refractivity contribution in [2.45, 2.75) is 63.8 Å². The van der Waals surface area contributed by atoms with E-state index in [1.807, 2.05) is 11.0 Å². The maximum atomic E-state index is 12.6. The molecule has 1 atom stereocenters. The van der Waals surface area contributed by atoms with Crippen molar-refractivity contribution in [3.63, 3.8) is 0 Å². The highest BCUT2D eigenvalue weighted by molar-refractivity contribution is 7.90. The molecule has 28 heavy (non-hydrogen) atoms. The first-order valence-electron chi connectivity index (χ1n) is 10.3. The van der Waals surface area contributed by atoms with Crippen LogP contribution in [-0.2, 0) is 14.8 Å². The monoisotopic (exact) mass is 405 g/mol. The summed E-state index contributed by atoms with van der Waals surface area (Å²) in [6, 6.07) is 7.14. The maximum Gasteiger partial charge on any atom is 0.285 e. The Morgan fingerprint density at radius 3 is 2.54 bits per heavy atom. The van der Waals surface area contributed by atoms with Crippen molar-refractivity contribution >= 4 is 21.8 Å². The summed E-state index contributed by atoms with van der Waals surface area (Å²) in [6.45, 7) is 7.79. The van der Waals surface area contributed by atoms with Gasteiger partial charge in [-0.05, 0) is 44.2 Å². The van der Waals surface area contributed by atoms with Crippen molar-refractivity contribution < 1.29 is 13.2 Å². The minimum Gasteiger partial charge on any atom is -0.355 e. The molecule has 1 fully saturated rings. The molecule has 2 aliphatic rings. The predicted molar refractivity (Wildman–Crippen MR) is 111 cm³/mol. The van der Waals surface area contributed by atoms with E-state index in [0.29, 0.717) is 43.2 Å². The molecule has 1 amide bonds. The number of nitrogens with one attached hydrogen (secondary N) is 1. The first kappa shape index (κ1) is 20.8. The van der Waals surface area contributed by atoms with Crippen molar-refractivity contribution in [2.24, 2.45) is 16.2 Å². The van der Waals surface area contributed by atoms with E-state index in [1.165, 1.54) is 6.42 Å². The van der Waals surface area contributed by atoms with Gasteiger partial charge >= 0.3 is 0 Å². The van der Waals surface area contributed by atoms with Crippen LogP contribution in [0.25, 0.3) is 0 Å². The molecule has 3 rings (SSSR count). The average Bonchev–Trinajstić information content (AvgIpc) is 2.93. The average molecular weight is 406 g/mol. The normalized spacial score (nSPS) is 20.0. The number of nitrogens with zero attached hydrogens (tertiary/aromatic N) is 2. The largest absolute Gasteiger partial charge is 0.355 e. The highest BCUT2D eigenvalue weighted by Gasteiger charge is 2.34. The number of rotatable bonds is 6. The van der Waals surface area contributed by atoms with E-state index < -0.39 is 10.0 Å². The molecule has 7 heteroatoms. The van der Waals surface area contributed by atoms with Gasteiger partial charge in [0.1, 0.15) is 4.90 Å². The van der Waals surface area contributed by atoms with E-state index in [4.69, 9.17) is 0 Å². The van der Waals surface area contributed by atoms with Crippen molar-refractivity contribution in [2.75, 3.05) is 13.1 Å². The van der Waals surface area contributed by atoms with Crippen molar-refractivity contribution in [3.8, 4) is 0 Å². The summed E-state index contributed by atoms with van der Waals surface area (Å²) in [4.78, 5) is 14.9. The summed E-state index contributed by atoms with van der Waals surface area (Å²) in [5, 5.41) is 3.15. The van der Waals surface area contributed by atoms with Crippen LogP contribution in [-0.4, -0.2) is 44.2 Å². The lowest BCUT2D eigenvalue weighted by Crippen LogP contribution is -2.44. The Labute approximate surface area is 168 Å². The summed E-state index contributed by atoms with van der Waals surface area (Å²) in [5.74, 6) is 1.33. The minimum atomic E-state index is -3.60. The fraction of sp³-hybridized carbons (Fsp3) is 0.619. The quantitative estimate of drug-likeness (QED) is 0.788. The van der Waals surface area contributed by atoms with Gasteiger partial charge < -0.3 is 10.2 Å². The molecule has 154 valence electrons. The van der Waals surface area contributed by atoms with Crippen LogP contribution in [0.2, 0.25) is 0 Å². The van der Waals surface area contributed by atoms with E-state index in [-0.39, 0.29) is 22.8 Å². The van der Waals surface area contributed by atoms with Crippen LogP contribution in [0.1, 0.15) is 58.4 Å². The van der Waals surface area contributed by atoms with Gasteiger partial charge in [-0.2, -0.15) is 8.42 Å². The minimum absolute atomic E-state index is 0.0161. The van der Waals surface area contributed by atoms with Crippen LogP contribution in [0.5, 0.6) is 0 Å². The zero-order valence-electron chi connectivity index (χ0n) is 17.0. The van der Waals surface area contributed by atoms with Gasteiger partial charge in [-0.3, -0.25) is 4.79 Å². The molecule has 1 N–H and O–H groups in total. The molecule has 0 saturated carbocycles. The fourth-order valence-corrected chi connectivity index (χ4v) is 5.16. The number of amidine groups is 1. The Morgan fingerprint density at radius 2 is 1.86 bits per heavy atom. The van der Waals surface area contributed by atoms with Crippen molar-refractivity contribution in [1.82, 2.24) is 10.2 Å². The van der Waals surface area contributed by atoms with Crippen LogP contribution in [0.15, 0.2) is 33.6 Å². The Hall–Kier alpha value is -1.89. The first-order chi connectivity index (χ1) is 13.3. The molecular formula is C21H31N3O3S. The van der Waals surface area contributed by atoms with E-state index in [1.54, 1.807) is 18.2 Å². The molecule has 6 nitrogen and oxygen atoms in total. The zero-order valence-corrected chi connectivity index (χ0v) is 17.8. The summed E-state index contributed by atoms with van der Waals surface area (Å²) in [6.07, 6.45) is 4.75. The molecule has 1 aromatic rings. The van der Waals surface area contributed by atoms with Gasteiger partial charge in [0.05, 0.1) is 0 Å². The number of carbonyl (C=O) groups is 1. The number of fused-ring (bicyclic) bond motifs is 1. The lowest BCUT2D eigenvalue weighted by molar-refractivity contribution is -0.126. The summed E-state index contributed by atoms with van der Waals surface area (Å²) >= 11 is 0. The van der Waals surface area contributed by atoms with Gasteiger partial charge in [0, 0.05) is 30.6 Å². The third kappa shape index (κ3) is 4.74. The smallest absolute Gasteiger partial charge is 0.285 e. The highest BCUT2D eigenvalue weighted by Crippen LogP contribution is 2.29. The summed E-state index contributed by atoms with van der Waals surface area (Å²) in [5.41, 5.74) is 0.671. The first-order valence-corrected chi connectivity index (χ1v) is 11.7. The van der Waals surface area contributed by atoms with Gasteiger partial charge in [-0.15, -0.1) is 4.40 Å². The second kappa shape index (κ2) is 8.64. The number of sulfonamides is 1. The number of hydrogen-bond acceptors (Lipinski definition) is 4. The molecular weight excluding hydrogens is 374 g/mol. The lowest BCUT2D eigenvalue weighted by atomic mass is 9.94. The molecule has 0 unspecified atom stereocenters. The van der Waals surface area contributed by atoms with Gasteiger partial charge in [0.2, 0.25) is 5.91 Å². The molecule has 0 aliphatic carbocycles. The molecule has 1 aromatic carbocycles. The van der Waals surface area contributed by atoms with Gasteiger partial charge in [0.25, 0.3) is 10.0 Å². The highest BCUT2D eigenvalue weighted by atomic mass is 32.2. The number of amides is 1. The summed E-state index contributed by atoms with van der Waals surface area (Å²) < 4.78 is 28.5. The molecule has 2 aliphatic heterocycles.